The summed E-state index contributed by atoms with van der Waals surface area (Å²) in [6, 6.07) is 7.68. The van der Waals surface area contributed by atoms with Gasteiger partial charge in [-0.1, -0.05) is 17.7 Å². The summed E-state index contributed by atoms with van der Waals surface area (Å²) in [5.74, 6) is -0.778. The number of hydrogen-bond donors (Lipinski definition) is 4. The van der Waals surface area contributed by atoms with Crippen molar-refractivity contribution in [2.24, 2.45) is 15.7 Å². The minimum absolute atomic E-state index is 0.0354. The van der Waals surface area contributed by atoms with Crippen LogP contribution in [-0.2, 0) is 4.79 Å². The number of nitrogens with one attached hydrogen (secondary N) is 1. The number of ether oxygens (including phenoxy) is 2. The third-order valence-corrected chi connectivity index (χ3v) is 4.02. The first-order valence-electron chi connectivity index (χ1n) is 8.06. The number of nitrogen functional groups attached to an aromatic ring is 1. The van der Waals surface area contributed by atoms with Crippen LogP contribution in [0.5, 0.6) is 11.5 Å². The number of anilines is 1. The van der Waals surface area contributed by atoms with E-state index in [-0.39, 0.29) is 33.8 Å². The zero-order valence-corrected chi connectivity index (χ0v) is 16.1. The summed E-state index contributed by atoms with van der Waals surface area (Å²) in [5, 5.41) is 16.2. The third kappa shape index (κ3) is 5.49. The Morgan fingerprint density at radius 3 is 2.69 bits per heavy atom. The molecular weight excluding hydrogens is 396 g/mol. The molecule has 29 heavy (non-hydrogen) atoms. The minimum atomic E-state index is -1.12. The van der Waals surface area contributed by atoms with Gasteiger partial charge in [0.15, 0.2) is 18.1 Å². The lowest BCUT2D eigenvalue weighted by Gasteiger charge is -2.11. The van der Waals surface area contributed by atoms with E-state index in [2.05, 4.69) is 9.98 Å². The second-order valence-electron chi connectivity index (χ2n) is 5.56. The quantitative estimate of drug-likeness (QED) is 0.235. The fourth-order valence-electron chi connectivity index (χ4n) is 2.25. The third-order valence-electron chi connectivity index (χ3n) is 3.62. The van der Waals surface area contributed by atoms with Gasteiger partial charge in [0.1, 0.15) is 7.85 Å². The predicted octanol–water partition coefficient (Wildman–Crippen LogP) is 1.95. The van der Waals surface area contributed by atoms with Crippen molar-refractivity contribution >= 4 is 54.6 Å². The van der Waals surface area contributed by atoms with Crippen LogP contribution in [0.15, 0.2) is 40.3 Å². The number of hydrogen-bond acceptors (Lipinski definition) is 6. The van der Waals surface area contributed by atoms with Gasteiger partial charge in [-0.25, -0.2) is 14.8 Å². The van der Waals surface area contributed by atoms with E-state index >= 15 is 0 Å². The van der Waals surface area contributed by atoms with Crippen LogP contribution in [0.3, 0.4) is 0 Å². The van der Waals surface area contributed by atoms with E-state index < -0.39 is 12.6 Å². The first-order valence-corrected chi connectivity index (χ1v) is 8.44. The first kappa shape index (κ1) is 21.8. The Morgan fingerprint density at radius 1 is 1.34 bits per heavy atom. The van der Waals surface area contributed by atoms with Gasteiger partial charge in [-0.2, -0.15) is 0 Å². The SMILES string of the molecule is [B]/C(=N\C(N)=Nc1ccc(N)c(C=N)c1Cl)c1ccc(OCC(=O)O)c(OC)c1. The highest BCUT2D eigenvalue weighted by atomic mass is 35.5. The maximum absolute atomic E-state index is 10.6. The molecule has 0 aliphatic heterocycles. The van der Waals surface area contributed by atoms with E-state index in [1.807, 2.05) is 0 Å². The maximum atomic E-state index is 10.6. The van der Waals surface area contributed by atoms with Crippen molar-refractivity contribution in [2.75, 3.05) is 19.5 Å². The molecule has 0 bridgehead atoms. The van der Waals surface area contributed by atoms with Crippen molar-refractivity contribution in [3.63, 3.8) is 0 Å². The lowest BCUT2D eigenvalue weighted by Crippen LogP contribution is -2.13. The van der Waals surface area contributed by atoms with Gasteiger partial charge in [0, 0.05) is 17.5 Å². The van der Waals surface area contributed by atoms with Crippen molar-refractivity contribution in [1.82, 2.24) is 0 Å². The maximum Gasteiger partial charge on any atom is 0.341 e. The summed E-state index contributed by atoms with van der Waals surface area (Å²) >= 11 is 6.17. The van der Waals surface area contributed by atoms with Gasteiger partial charge >= 0.3 is 5.97 Å². The zero-order chi connectivity index (χ0) is 21.6. The smallest absolute Gasteiger partial charge is 0.341 e. The number of aliphatic carboxylic acids is 1. The van der Waals surface area contributed by atoms with E-state index in [9.17, 15) is 4.79 Å². The average molecular weight is 414 g/mol. The van der Waals surface area contributed by atoms with Crippen LogP contribution in [0.25, 0.3) is 0 Å². The fraction of sp³-hybridized carbons (Fsp3) is 0.111. The molecule has 0 amide bonds. The normalized spacial score (nSPS) is 11.8. The molecule has 0 fully saturated rings. The monoisotopic (exact) mass is 413 g/mol. The summed E-state index contributed by atoms with van der Waals surface area (Å²) in [5.41, 5.74) is 13.0. The molecule has 6 N–H and O–H groups in total. The van der Waals surface area contributed by atoms with Gasteiger partial charge < -0.3 is 31.5 Å². The van der Waals surface area contributed by atoms with Crippen molar-refractivity contribution in [1.29, 1.82) is 5.41 Å². The highest BCUT2D eigenvalue weighted by molar-refractivity contribution is 6.65. The number of nitrogens with two attached hydrogens (primary N) is 2. The minimum Gasteiger partial charge on any atom is -0.493 e. The standard InChI is InChI=1S/C18H17BClN5O4/c1-28-14-6-9(2-5-13(14)29-8-15(26)27)17(19)25-18(23)24-12-4-3-11(22)10(7-21)16(12)20/h2-7,21H,8,22H2,1H3,(H2,23,24)(H,26,27)/b21-7?,25-17-. The van der Waals surface area contributed by atoms with E-state index in [1.165, 1.54) is 19.2 Å². The molecular formula is C18H17BClN5O4. The molecule has 11 heteroatoms. The van der Waals surface area contributed by atoms with Crippen LogP contribution in [-0.4, -0.2) is 50.4 Å². The molecule has 0 aliphatic rings. The summed E-state index contributed by atoms with van der Waals surface area (Å²) in [6.45, 7) is -0.515. The molecule has 0 unspecified atom stereocenters. The Kier molecular flexibility index (Phi) is 7.21. The van der Waals surface area contributed by atoms with E-state index in [0.717, 1.165) is 6.21 Å². The number of benzene rings is 2. The first-order chi connectivity index (χ1) is 13.8. The summed E-state index contributed by atoms with van der Waals surface area (Å²) in [4.78, 5) is 18.8. The molecule has 0 heterocycles. The molecule has 2 aromatic rings. The molecule has 0 spiro atoms. The van der Waals surface area contributed by atoms with Crippen molar-refractivity contribution in [3.8, 4) is 11.5 Å². The van der Waals surface area contributed by atoms with Gasteiger partial charge in [-0.05, 0) is 35.4 Å². The fourth-order valence-corrected chi connectivity index (χ4v) is 2.52. The zero-order valence-electron chi connectivity index (χ0n) is 15.3. The molecule has 0 aromatic heterocycles. The predicted molar refractivity (Wildman–Crippen MR) is 113 cm³/mol. The highest BCUT2D eigenvalue weighted by Crippen LogP contribution is 2.31. The molecule has 2 rings (SSSR count). The molecule has 0 atom stereocenters. The molecule has 0 saturated carbocycles. The van der Waals surface area contributed by atoms with Crippen LogP contribution < -0.4 is 20.9 Å². The Morgan fingerprint density at radius 2 is 2.07 bits per heavy atom. The molecule has 2 radical (unpaired) electrons. The number of methoxy groups -OCH3 is 1. The Hall–Kier alpha value is -3.53. The number of carbonyl (C=O) groups is 1. The van der Waals surface area contributed by atoms with Crippen LogP contribution in [0, 0.1) is 5.41 Å². The van der Waals surface area contributed by atoms with Gasteiger partial charge in [0.2, 0.25) is 5.96 Å². The van der Waals surface area contributed by atoms with Crippen LogP contribution in [0.1, 0.15) is 11.1 Å². The van der Waals surface area contributed by atoms with Crippen molar-refractivity contribution < 1.29 is 19.4 Å². The Labute approximate surface area is 172 Å². The Bertz CT molecular complexity index is 1010. The summed E-state index contributed by atoms with van der Waals surface area (Å²) in [6.07, 6.45) is 1.02. The van der Waals surface area contributed by atoms with Crippen LogP contribution >= 0.6 is 11.6 Å². The van der Waals surface area contributed by atoms with E-state index in [0.29, 0.717) is 16.8 Å². The number of halogens is 1. The van der Waals surface area contributed by atoms with Crippen LogP contribution in [0.2, 0.25) is 5.02 Å². The number of carboxylic acids is 1. The molecule has 148 valence electrons. The second kappa shape index (κ2) is 9.60. The van der Waals surface area contributed by atoms with E-state index in [1.54, 1.807) is 18.2 Å². The van der Waals surface area contributed by atoms with Gasteiger partial charge in [0.25, 0.3) is 0 Å². The number of aliphatic imine (C=N–C) groups is 2. The Balaban J connectivity index is 2.31. The molecule has 0 aliphatic carbocycles. The molecule has 0 saturated heterocycles. The van der Waals surface area contributed by atoms with Gasteiger partial charge in [-0.15, -0.1) is 0 Å². The lowest BCUT2D eigenvalue weighted by atomic mass is 9.93. The molecule has 2 aromatic carbocycles. The summed E-state index contributed by atoms with van der Waals surface area (Å²) < 4.78 is 10.3. The van der Waals surface area contributed by atoms with Gasteiger partial charge in [-0.3, -0.25) is 0 Å². The number of rotatable bonds is 7. The lowest BCUT2D eigenvalue weighted by molar-refractivity contribution is -0.139. The number of guanidine groups is 1. The number of nitrogens with zero attached hydrogens (tertiary/aromatic N) is 2. The highest BCUT2D eigenvalue weighted by Gasteiger charge is 2.10. The topological polar surface area (TPSA) is 156 Å². The average Bonchev–Trinajstić information content (AvgIpc) is 2.68. The largest absolute Gasteiger partial charge is 0.493 e. The summed E-state index contributed by atoms with van der Waals surface area (Å²) in [7, 11) is 7.38. The van der Waals surface area contributed by atoms with Crippen molar-refractivity contribution in [2.45, 2.75) is 0 Å². The second-order valence-corrected chi connectivity index (χ2v) is 5.94. The van der Waals surface area contributed by atoms with Gasteiger partial charge in [0.05, 0.1) is 17.8 Å². The van der Waals surface area contributed by atoms with E-state index in [4.69, 9.17) is 50.9 Å². The van der Waals surface area contributed by atoms with Crippen molar-refractivity contribution in [3.05, 3.63) is 46.5 Å². The van der Waals surface area contributed by atoms with Crippen LogP contribution in [0.4, 0.5) is 11.4 Å². The number of carboxylic acid groups (broad SMARTS) is 1. The molecule has 9 nitrogen and oxygen atoms in total.